The molecule has 80 valence electrons. The van der Waals surface area contributed by atoms with Gasteiger partial charge >= 0.3 is 0 Å². The van der Waals surface area contributed by atoms with Gasteiger partial charge in [0.25, 0.3) is 0 Å². The Kier molecular flexibility index (Phi) is 1.80. The first-order valence-corrected chi connectivity index (χ1v) is 5.48. The third kappa shape index (κ3) is 1.42. The van der Waals surface area contributed by atoms with E-state index in [1.807, 2.05) is 6.08 Å². The molecule has 2 N–H and O–H groups in total. The summed E-state index contributed by atoms with van der Waals surface area (Å²) in [6.07, 6.45) is 5.25. The van der Waals surface area contributed by atoms with E-state index in [4.69, 9.17) is 0 Å². The van der Waals surface area contributed by atoms with Crippen molar-refractivity contribution in [2.24, 2.45) is 0 Å². The van der Waals surface area contributed by atoms with Gasteiger partial charge in [0.15, 0.2) is 0 Å². The Hall–Kier alpha value is -1.09. The van der Waals surface area contributed by atoms with E-state index in [9.17, 15) is 4.39 Å². The van der Waals surface area contributed by atoms with Crippen molar-refractivity contribution in [3.63, 3.8) is 0 Å². The number of hydrogen-bond acceptors (Lipinski definition) is 1. The highest BCUT2D eigenvalue weighted by atomic mass is 19.1. The molecule has 3 rings (SSSR count). The SMILES string of the molecule is CC1(F)C=c2c3c([nH]c2=CC1)CCNC3. The summed E-state index contributed by atoms with van der Waals surface area (Å²) in [5.41, 5.74) is 1.36. The van der Waals surface area contributed by atoms with E-state index in [-0.39, 0.29) is 0 Å². The molecule has 1 aromatic rings. The quantitative estimate of drug-likeness (QED) is 0.630. The zero-order valence-electron chi connectivity index (χ0n) is 8.86. The first-order chi connectivity index (χ1) is 7.16. The van der Waals surface area contributed by atoms with E-state index in [2.05, 4.69) is 10.3 Å². The summed E-state index contributed by atoms with van der Waals surface area (Å²) in [5, 5.41) is 5.52. The van der Waals surface area contributed by atoms with Gasteiger partial charge in [0.05, 0.1) is 0 Å². The van der Waals surface area contributed by atoms with Crippen LogP contribution < -0.4 is 15.9 Å². The molecule has 2 heterocycles. The van der Waals surface area contributed by atoms with Gasteiger partial charge in [0.2, 0.25) is 0 Å². The largest absolute Gasteiger partial charge is 0.358 e. The lowest BCUT2D eigenvalue weighted by Crippen LogP contribution is -2.36. The van der Waals surface area contributed by atoms with Crippen LogP contribution in [0.15, 0.2) is 0 Å². The Balaban J connectivity index is 2.28. The molecule has 2 nitrogen and oxygen atoms in total. The number of nitrogens with one attached hydrogen (secondary N) is 2. The number of H-pyrrole nitrogens is 1. The molecule has 0 bridgehead atoms. The van der Waals surface area contributed by atoms with Crippen LogP contribution in [0.5, 0.6) is 0 Å². The zero-order chi connectivity index (χ0) is 10.5. The van der Waals surface area contributed by atoms with Gasteiger partial charge < -0.3 is 10.3 Å². The number of hydrogen-bond donors (Lipinski definition) is 2. The average molecular weight is 206 g/mol. The van der Waals surface area contributed by atoms with Crippen molar-refractivity contribution in [3.05, 3.63) is 21.8 Å². The highest BCUT2D eigenvalue weighted by molar-refractivity contribution is 5.49. The molecule has 0 saturated carbocycles. The van der Waals surface area contributed by atoms with Crippen LogP contribution in [0.25, 0.3) is 12.2 Å². The van der Waals surface area contributed by atoms with Gasteiger partial charge in [-0.05, 0) is 18.6 Å². The Morgan fingerprint density at radius 3 is 3.20 bits per heavy atom. The molecule has 1 aromatic heterocycles. The predicted molar refractivity (Wildman–Crippen MR) is 58.5 cm³/mol. The number of aromatic nitrogens is 1. The Morgan fingerprint density at radius 1 is 1.47 bits per heavy atom. The van der Waals surface area contributed by atoms with Crippen LogP contribution in [0.4, 0.5) is 4.39 Å². The van der Waals surface area contributed by atoms with Crippen LogP contribution in [0.3, 0.4) is 0 Å². The minimum Gasteiger partial charge on any atom is -0.358 e. The first kappa shape index (κ1) is 9.16. The second-order valence-electron chi connectivity index (χ2n) is 4.67. The molecule has 3 heteroatoms. The molecule has 1 aliphatic heterocycles. The van der Waals surface area contributed by atoms with Crippen molar-refractivity contribution in [2.75, 3.05) is 6.54 Å². The highest BCUT2D eigenvalue weighted by Crippen LogP contribution is 2.20. The summed E-state index contributed by atoms with van der Waals surface area (Å²) in [5.74, 6) is 0. The average Bonchev–Trinajstić information content (AvgIpc) is 2.55. The van der Waals surface area contributed by atoms with E-state index < -0.39 is 5.67 Å². The van der Waals surface area contributed by atoms with Gasteiger partial charge in [0.1, 0.15) is 5.67 Å². The van der Waals surface area contributed by atoms with Gasteiger partial charge in [-0.25, -0.2) is 4.39 Å². The monoisotopic (exact) mass is 206 g/mol. The molecular weight excluding hydrogens is 191 g/mol. The molecule has 1 unspecified atom stereocenters. The molecule has 0 spiro atoms. The van der Waals surface area contributed by atoms with Crippen molar-refractivity contribution in [1.29, 1.82) is 0 Å². The summed E-state index contributed by atoms with van der Waals surface area (Å²) in [6, 6.07) is 0. The maximum atomic E-state index is 13.9. The summed E-state index contributed by atoms with van der Waals surface area (Å²) in [6.45, 7) is 3.52. The Morgan fingerprint density at radius 2 is 2.33 bits per heavy atom. The molecule has 0 radical (unpaired) electrons. The van der Waals surface area contributed by atoms with Gasteiger partial charge in [0, 0.05) is 42.2 Å². The molecule has 1 atom stereocenters. The topological polar surface area (TPSA) is 27.8 Å². The number of alkyl halides is 1. The molecule has 1 aliphatic carbocycles. The fourth-order valence-corrected chi connectivity index (χ4v) is 2.46. The van der Waals surface area contributed by atoms with Gasteiger partial charge in [-0.1, -0.05) is 6.08 Å². The van der Waals surface area contributed by atoms with Crippen LogP contribution in [-0.4, -0.2) is 17.2 Å². The summed E-state index contributed by atoms with van der Waals surface area (Å²) in [7, 11) is 0. The van der Waals surface area contributed by atoms with E-state index in [1.165, 1.54) is 11.3 Å². The highest BCUT2D eigenvalue weighted by Gasteiger charge is 2.23. The molecule has 2 aliphatic rings. The minimum atomic E-state index is -1.18. The minimum absolute atomic E-state index is 0.479. The number of halogens is 1. The van der Waals surface area contributed by atoms with Crippen molar-refractivity contribution in [2.45, 2.75) is 32.0 Å². The fraction of sp³-hybridized carbons (Fsp3) is 0.500. The lowest BCUT2D eigenvalue weighted by Gasteiger charge is -2.16. The van der Waals surface area contributed by atoms with Crippen molar-refractivity contribution in [3.8, 4) is 0 Å². The summed E-state index contributed by atoms with van der Waals surface area (Å²) < 4.78 is 13.9. The van der Waals surface area contributed by atoms with Gasteiger partial charge in [-0.3, -0.25) is 0 Å². The van der Waals surface area contributed by atoms with Crippen molar-refractivity contribution in [1.82, 2.24) is 10.3 Å². The normalized spacial score (nSPS) is 28.7. The predicted octanol–water partition coefficient (Wildman–Crippen LogP) is 0.353. The number of rotatable bonds is 0. The van der Waals surface area contributed by atoms with Crippen LogP contribution in [0.1, 0.15) is 24.6 Å². The third-order valence-corrected chi connectivity index (χ3v) is 3.27. The van der Waals surface area contributed by atoms with E-state index in [0.29, 0.717) is 6.42 Å². The van der Waals surface area contributed by atoms with E-state index in [0.717, 1.165) is 30.1 Å². The molecule has 15 heavy (non-hydrogen) atoms. The van der Waals surface area contributed by atoms with Crippen molar-refractivity contribution < 1.29 is 4.39 Å². The summed E-state index contributed by atoms with van der Waals surface area (Å²) >= 11 is 0. The number of fused-ring (bicyclic) bond motifs is 3. The number of aromatic amines is 1. The first-order valence-electron chi connectivity index (χ1n) is 5.48. The maximum Gasteiger partial charge on any atom is 0.130 e. The lowest BCUT2D eigenvalue weighted by molar-refractivity contribution is 0.286. The molecule has 0 fully saturated rings. The second-order valence-corrected chi connectivity index (χ2v) is 4.67. The fourth-order valence-electron chi connectivity index (χ4n) is 2.46. The van der Waals surface area contributed by atoms with E-state index in [1.54, 1.807) is 13.0 Å². The third-order valence-electron chi connectivity index (χ3n) is 3.27. The molecule has 0 saturated heterocycles. The molecular formula is C12H15FN2. The Bertz CT molecular complexity index is 510. The van der Waals surface area contributed by atoms with Crippen LogP contribution in [0.2, 0.25) is 0 Å². The Labute approximate surface area is 87.9 Å². The van der Waals surface area contributed by atoms with Gasteiger partial charge in [-0.2, -0.15) is 0 Å². The van der Waals surface area contributed by atoms with Crippen LogP contribution in [0, 0.1) is 0 Å². The van der Waals surface area contributed by atoms with Crippen molar-refractivity contribution >= 4 is 12.2 Å². The van der Waals surface area contributed by atoms with Crippen LogP contribution >= 0.6 is 0 Å². The maximum absolute atomic E-state index is 13.9. The summed E-state index contributed by atoms with van der Waals surface area (Å²) in [4.78, 5) is 3.40. The standard InChI is InChI=1S/C12H15FN2/c1-12(13)4-2-10-8(6-12)9-7-14-5-3-11(9)15-10/h2,6,14-15H,3-5,7H2,1H3. The molecule has 0 amide bonds. The second kappa shape index (κ2) is 2.95. The zero-order valence-corrected chi connectivity index (χ0v) is 8.86. The smallest absolute Gasteiger partial charge is 0.130 e. The van der Waals surface area contributed by atoms with Crippen LogP contribution in [-0.2, 0) is 13.0 Å². The van der Waals surface area contributed by atoms with E-state index >= 15 is 0 Å². The molecule has 0 aromatic carbocycles. The lowest BCUT2D eigenvalue weighted by atomic mass is 9.96. The van der Waals surface area contributed by atoms with Gasteiger partial charge in [-0.15, -0.1) is 0 Å².